The van der Waals surface area contributed by atoms with Crippen molar-refractivity contribution in [2.75, 3.05) is 13.1 Å². The fourth-order valence-electron chi connectivity index (χ4n) is 2.35. The third kappa shape index (κ3) is 4.84. The molecule has 0 saturated carbocycles. The molecule has 0 heterocycles. The topological polar surface area (TPSA) is 29.3 Å². The largest absolute Gasteiger partial charge is 0.330 e. The maximum atomic E-state index is 5.80. The molecule has 0 spiro atoms. The second-order valence-electron chi connectivity index (χ2n) is 5.51. The van der Waals surface area contributed by atoms with Crippen molar-refractivity contribution in [1.82, 2.24) is 4.90 Å². The van der Waals surface area contributed by atoms with Gasteiger partial charge < -0.3 is 5.73 Å². The lowest BCUT2D eigenvalue weighted by atomic mass is 9.97. The van der Waals surface area contributed by atoms with Gasteiger partial charge in [0.25, 0.3) is 0 Å². The number of hydrogen-bond acceptors (Lipinski definition) is 2. The maximum absolute atomic E-state index is 5.80. The van der Waals surface area contributed by atoms with Gasteiger partial charge in [0.2, 0.25) is 0 Å². The number of hydrogen-bond donors (Lipinski definition) is 1. The Morgan fingerprint density at radius 3 is 1.81 bits per heavy atom. The molecule has 0 bridgehead atoms. The van der Waals surface area contributed by atoms with Crippen LogP contribution in [0.2, 0.25) is 0 Å². The van der Waals surface area contributed by atoms with Gasteiger partial charge >= 0.3 is 0 Å². The van der Waals surface area contributed by atoms with Gasteiger partial charge in [0, 0.05) is 18.6 Å². The average molecular weight is 228 g/mol. The SMILES string of the molecule is CCC(CC)N(CC(C)C)C(C)C(C)CN. The highest BCUT2D eigenvalue weighted by Gasteiger charge is 2.24. The first-order valence-electron chi connectivity index (χ1n) is 6.93. The van der Waals surface area contributed by atoms with Crippen molar-refractivity contribution in [3.8, 4) is 0 Å². The van der Waals surface area contributed by atoms with Gasteiger partial charge in [-0.3, -0.25) is 4.90 Å². The first-order chi connectivity index (χ1) is 7.47. The molecule has 0 aliphatic rings. The van der Waals surface area contributed by atoms with Crippen molar-refractivity contribution in [2.24, 2.45) is 17.6 Å². The summed E-state index contributed by atoms with van der Waals surface area (Å²) in [4.78, 5) is 2.67. The van der Waals surface area contributed by atoms with Gasteiger partial charge in [0.1, 0.15) is 0 Å². The Bertz CT molecular complexity index is 164. The van der Waals surface area contributed by atoms with Crippen molar-refractivity contribution < 1.29 is 0 Å². The van der Waals surface area contributed by atoms with Gasteiger partial charge in [-0.1, -0.05) is 34.6 Å². The zero-order valence-electron chi connectivity index (χ0n) is 12.2. The van der Waals surface area contributed by atoms with Crippen LogP contribution in [0.1, 0.15) is 54.4 Å². The minimum absolute atomic E-state index is 0.583. The number of rotatable bonds is 8. The van der Waals surface area contributed by atoms with Gasteiger partial charge in [-0.25, -0.2) is 0 Å². The third-order valence-electron chi connectivity index (χ3n) is 3.71. The molecule has 0 saturated heterocycles. The van der Waals surface area contributed by atoms with Crippen LogP contribution in [0.4, 0.5) is 0 Å². The average Bonchev–Trinajstić information content (AvgIpc) is 2.26. The van der Waals surface area contributed by atoms with Crippen molar-refractivity contribution in [2.45, 2.75) is 66.5 Å². The molecule has 0 aromatic rings. The molecule has 16 heavy (non-hydrogen) atoms. The van der Waals surface area contributed by atoms with Crippen LogP contribution in [-0.4, -0.2) is 30.1 Å². The lowest BCUT2D eigenvalue weighted by Gasteiger charge is -2.39. The predicted octanol–water partition coefficient (Wildman–Crippen LogP) is 3.12. The highest BCUT2D eigenvalue weighted by atomic mass is 15.2. The lowest BCUT2D eigenvalue weighted by molar-refractivity contribution is 0.0891. The molecule has 2 heteroatoms. The summed E-state index contributed by atoms with van der Waals surface area (Å²) in [7, 11) is 0. The highest BCUT2D eigenvalue weighted by molar-refractivity contribution is 4.79. The first kappa shape index (κ1) is 15.9. The molecule has 0 rings (SSSR count). The van der Waals surface area contributed by atoms with Crippen molar-refractivity contribution >= 4 is 0 Å². The van der Waals surface area contributed by atoms with Crippen molar-refractivity contribution in [1.29, 1.82) is 0 Å². The van der Waals surface area contributed by atoms with E-state index in [0.717, 1.165) is 12.5 Å². The van der Waals surface area contributed by atoms with Crippen molar-refractivity contribution in [3.63, 3.8) is 0 Å². The second kappa shape index (κ2) is 8.08. The summed E-state index contributed by atoms with van der Waals surface area (Å²) in [5.41, 5.74) is 5.80. The summed E-state index contributed by atoms with van der Waals surface area (Å²) in [5, 5.41) is 0. The smallest absolute Gasteiger partial charge is 0.0108 e. The maximum Gasteiger partial charge on any atom is 0.0108 e. The predicted molar refractivity (Wildman–Crippen MR) is 73.6 cm³/mol. The molecule has 2 N–H and O–H groups in total. The summed E-state index contributed by atoms with van der Waals surface area (Å²) in [6.07, 6.45) is 2.48. The van der Waals surface area contributed by atoms with Crippen LogP contribution in [0.3, 0.4) is 0 Å². The molecular formula is C14H32N2. The normalized spacial score (nSPS) is 16.1. The molecule has 0 amide bonds. The van der Waals surface area contributed by atoms with Crippen LogP contribution < -0.4 is 5.73 Å². The minimum atomic E-state index is 0.583. The number of nitrogens with zero attached hydrogens (tertiary/aromatic N) is 1. The fraction of sp³-hybridized carbons (Fsp3) is 1.00. The van der Waals surface area contributed by atoms with Gasteiger partial charge in [-0.05, 0) is 38.1 Å². The molecule has 0 aromatic heterocycles. The van der Waals surface area contributed by atoms with Crippen LogP contribution >= 0.6 is 0 Å². The van der Waals surface area contributed by atoms with E-state index in [1.165, 1.54) is 19.4 Å². The highest BCUT2D eigenvalue weighted by Crippen LogP contribution is 2.19. The standard InChI is InChI=1S/C14H32N2/c1-7-14(8-2)16(10-11(3)4)13(6)12(5)9-15/h11-14H,7-10,15H2,1-6H3. The quantitative estimate of drug-likeness (QED) is 0.691. The van der Waals surface area contributed by atoms with Crippen LogP contribution in [-0.2, 0) is 0 Å². The molecule has 0 aliphatic carbocycles. The Hall–Kier alpha value is -0.0800. The third-order valence-corrected chi connectivity index (χ3v) is 3.71. The fourth-order valence-corrected chi connectivity index (χ4v) is 2.35. The Labute approximate surface area is 103 Å². The molecule has 2 nitrogen and oxygen atoms in total. The van der Waals surface area contributed by atoms with Gasteiger partial charge in [-0.15, -0.1) is 0 Å². The number of nitrogens with two attached hydrogens (primary N) is 1. The van der Waals surface area contributed by atoms with E-state index in [0.29, 0.717) is 18.0 Å². The zero-order valence-corrected chi connectivity index (χ0v) is 12.2. The molecular weight excluding hydrogens is 196 g/mol. The molecule has 0 radical (unpaired) electrons. The van der Waals surface area contributed by atoms with Gasteiger partial charge in [0.15, 0.2) is 0 Å². The van der Waals surface area contributed by atoms with E-state index in [1.54, 1.807) is 0 Å². The second-order valence-corrected chi connectivity index (χ2v) is 5.51. The molecule has 2 atom stereocenters. The van der Waals surface area contributed by atoms with E-state index >= 15 is 0 Å². The van der Waals surface area contributed by atoms with E-state index in [2.05, 4.69) is 46.4 Å². The van der Waals surface area contributed by atoms with Crippen LogP contribution in [0, 0.1) is 11.8 Å². The molecule has 0 fully saturated rings. The van der Waals surface area contributed by atoms with Gasteiger partial charge in [0.05, 0.1) is 0 Å². The van der Waals surface area contributed by atoms with Crippen LogP contribution in [0.25, 0.3) is 0 Å². The zero-order chi connectivity index (χ0) is 12.7. The Morgan fingerprint density at radius 2 is 1.50 bits per heavy atom. The van der Waals surface area contributed by atoms with E-state index in [1.807, 2.05) is 0 Å². The Morgan fingerprint density at radius 1 is 1.00 bits per heavy atom. The summed E-state index contributed by atoms with van der Waals surface area (Å²) in [5.74, 6) is 1.31. The molecule has 2 unspecified atom stereocenters. The van der Waals surface area contributed by atoms with E-state index in [4.69, 9.17) is 5.73 Å². The van der Waals surface area contributed by atoms with E-state index in [-0.39, 0.29) is 0 Å². The monoisotopic (exact) mass is 228 g/mol. The summed E-state index contributed by atoms with van der Waals surface area (Å²) < 4.78 is 0. The first-order valence-corrected chi connectivity index (χ1v) is 6.93. The Kier molecular flexibility index (Phi) is 8.04. The minimum Gasteiger partial charge on any atom is -0.330 e. The molecule has 0 aromatic carbocycles. The van der Waals surface area contributed by atoms with E-state index in [9.17, 15) is 0 Å². The molecule has 98 valence electrons. The summed E-state index contributed by atoms with van der Waals surface area (Å²) in [6.45, 7) is 15.8. The van der Waals surface area contributed by atoms with Crippen molar-refractivity contribution in [3.05, 3.63) is 0 Å². The summed E-state index contributed by atoms with van der Waals surface area (Å²) >= 11 is 0. The molecule has 0 aliphatic heterocycles. The van der Waals surface area contributed by atoms with Gasteiger partial charge in [-0.2, -0.15) is 0 Å². The van der Waals surface area contributed by atoms with E-state index < -0.39 is 0 Å². The Balaban J connectivity index is 4.63. The summed E-state index contributed by atoms with van der Waals surface area (Å²) in [6, 6.07) is 1.31. The van der Waals surface area contributed by atoms with Crippen LogP contribution in [0.5, 0.6) is 0 Å². The van der Waals surface area contributed by atoms with Crippen LogP contribution in [0.15, 0.2) is 0 Å². The lowest BCUT2D eigenvalue weighted by Crippen LogP contribution is -2.47.